The molecule has 0 N–H and O–H groups in total. The van der Waals surface area contributed by atoms with Crippen molar-refractivity contribution in [3.8, 4) is 11.5 Å². The number of rotatable bonds is 1. The summed E-state index contributed by atoms with van der Waals surface area (Å²) in [6.45, 7) is 0.160. The fourth-order valence-corrected chi connectivity index (χ4v) is 1.44. The third-order valence-corrected chi connectivity index (χ3v) is 2.41. The lowest BCUT2D eigenvalue weighted by Crippen LogP contribution is -2.33. The average Bonchev–Trinajstić information content (AvgIpc) is 2.83. The van der Waals surface area contributed by atoms with Crippen LogP contribution >= 0.6 is 0 Å². The van der Waals surface area contributed by atoms with Crippen LogP contribution in [-0.2, 0) is 14.3 Å². The van der Waals surface area contributed by atoms with Gasteiger partial charge in [-0.2, -0.15) is 0 Å². The van der Waals surface area contributed by atoms with E-state index in [2.05, 4.69) is 4.74 Å². The second-order valence-corrected chi connectivity index (χ2v) is 3.39. The van der Waals surface area contributed by atoms with Crippen LogP contribution in [0.25, 0.3) is 0 Å². The molecule has 0 spiro atoms. The molecule has 0 atom stereocenters. The fraction of sp³-hybridized carbons (Fsp3) is 0.273. The molecule has 0 radical (unpaired) electrons. The maximum Gasteiger partial charge on any atom is 0.397 e. The van der Waals surface area contributed by atoms with E-state index >= 15 is 0 Å². The topological polar surface area (TPSA) is 65.1 Å². The molecule has 0 aliphatic carbocycles. The summed E-state index contributed by atoms with van der Waals surface area (Å²) < 4.78 is 14.7. The molecule has 0 aromatic heterocycles. The van der Waals surface area contributed by atoms with E-state index in [1.54, 1.807) is 18.2 Å². The summed E-state index contributed by atoms with van der Waals surface area (Å²) in [5.41, 5.74) is 0.532. The van der Waals surface area contributed by atoms with Gasteiger partial charge in [0.2, 0.25) is 6.79 Å². The number of amides is 1. The molecule has 1 aromatic carbocycles. The molecular formula is C11H11NO5. The van der Waals surface area contributed by atoms with Crippen molar-refractivity contribution in [2.75, 3.05) is 25.9 Å². The Morgan fingerprint density at radius 1 is 1.29 bits per heavy atom. The first-order valence-corrected chi connectivity index (χ1v) is 4.89. The van der Waals surface area contributed by atoms with Crippen LogP contribution in [0.5, 0.6) is 11.5 Å². The van der Waals surface area contributed by atoms with E-state index in [1.807, 2.05) is 0 Å². The summed E-state index contributed by atoms with van der Waals surface area (Å²) in [6.07, 6.45) is 0. The van der Waals surface area contributed by atoms with Gasteiger partial charge < -0.3 is 19.1 Å². The van der Waals surface area contributed by atoms with Crippen molar-refractivity contribution in [3.05, 3.63) is 18.2 Å². The van der Waals surface area contributed by atoms with Gasteiger partial charge in [-0.3, -0.25) is 4.79 Å². The van der Waals surface area contributed by atoms with Crippen LogP contribution < -0.4 is 14.4 Å². The van der Waals surface area contributed by atoms with Crippen LogP contribution in [0.15, 0.2) is 18.2 Å². The fourth-order valence-electron chi connectivity index (χ4n) is 1.44. The van der Waals surface area contributed by atoms with E-state index < -0.39 is 11.9 Å². The Hall–Kier alpha value is -2.24. The molecule has 0 fully saturated rings. The van der Waals surface area contributed by atoms with Crippen molar-refractivity contribution >= 4 is 17.6 Å². The number of benzene rings is 1. The Morgan fingerprint density at radius 3 is 2.71 bits per heavy atom. The van der Waals surface area contributed by atoms with Gasteiger partial charge in [0.05, 0.1) is 7.11 Å². The number of hydrogen-bond acceptors (Lipinski definition) is 5. The standard InChI is InChI=1S/C11H11NO5/c1-12(10(13)11(14)15-2)7-3-4-8-9(5-7)17-6-16-8/h3-5H,6H2,1-2H3. The van der Waals surface area contributed by atoms with Gasteiger partial charge in [-0.1, -0.05) is 0 Å². The normalized spacial score (nSPS) is 12.1. The van der Waals surface area contributed by atoms with Crippen LogP contribution in [-0.4, -0.2) is 32.8 Å². The zero-order chi connectivity index (χ0) is 12.4. The van der Waals surface area contributed by atoms with Gasteiger partial charge >= 0.3 is 11.9 Å². The molecule has 1 aromatic rings. The monoisotopic (exact) mass is 237 g/mol. The average molecular weight is 237 g/mol. The molecule has 90 valence electrons. The highest BCUT2D eigenvalue weighted by molar-refractivity contribution is 6.37. The largest absolute Gasteiger partial charge is 0.462 e. The lowest BCUT2D eigenvalue weighted by Gasteiger charge is -2.15. The van der Waals surface area contributed by atoms with E-state index in [0.29, 0.717) is 17.2 Å². The number of anilines is 1. The first kappa shape index (κ1) is 11.3. The Bertz CT molecular complexity index is 471. The molecule has 6 nitrogen and oxygen atoms in total. The van der Waals surface area contributed by atoms with Crippen LogP contribution in [0.3, 0.4) is 0 Å². The molecule has 0 unspecified atom stereocenters. The molecule has 2 rings (SSSR count). The SMILES string of the molecule is COC(=O)C(=O)N(C)c1ccc2c(c1)OCO2. The Balaban J connectivity index is 2.23. The van der Waals surface area contributed by atoms with Crippen molar-refractivity contribution in [2.45, 2.75) is 0 Å². The predicted octanol–water partition coefficient (Wildman–Crippen LogP) is 0.551. The Labute approximate surface area is 97.7 Å². The van der Waals surface area contributed by atoms with Crippen molar-refractivity contribution in [1.29, 1.82) is 0 Å². The highest BCUT2D eigenvalue weighted by Gasteiger charge is 2.22. The molecule has 1 aliphatic heterocycles. The molecule has 1 aliphatic rings. The molecule has 0 saturated carbocycles. The zero-order valence-electron chi connectivity index (χ0n) is 9.43. The first-order valence-electron chi connectivity index (χ1n) is 4.89. The third-order valence-electron chi connectivity index (χ3n) is 2.41. The van der Waals surface area contributed by atoms with Gasteiger partial charge in [-0.25, -0.2) is 4.79 Å². The second kappa shape index (κ2) is 4.32. The summed E-state index contributed by atoms with van der Waals surface area (Å²) in [7, 11) is 2.64. The summed E-state index contributed by atoms with van der Waals surface area (Å²) in [5.74, 6) is -0.490. The van der Waals surface area contributed by atoms with E-state index in [1.165, 1.54) is 11.9 Å². The lowest BCUT2D eigenvalue weighted by molar-refractivity contribution is -0.151. The number of fused-ring (bicyclic) bond motifs is 1. The van der Waals surface area contributed by atoms with Crippen molar-refractivity contribution < 1.29 is 23.8 Å². The number of esters is 1. The third kappa shape index (κ3) is 2.01. The number of likely N-dealkylation sites (N-methyl/N-ethyl adjacent to an activating group) is 1. The van der Waals surface area contributed by atoms with Crippen molar-refractivity contribution in [3.63, 3.8) is 0 Å². The quantitative estimate of drug-likeness (QED) is 0.527. The number of nitrogens with zero attached hydrogens (tertiary/aromatic N) is 1. The summed E-state index contributed by atoms with van der Waals surface area (Å²) in [6, 6.07) is 4.97. The van der Waals surface area contributed by atoms with Crippen LogP contribution in [0.2, 0.25) is 0 Å². The summed E-state index contributed by atoms with van der Waals surface area (Å²) in [5, 5.41) is 0. The van der Waals surface area contributed by atoms with E-state index in [4.69, 9.17) is 9.47 Å². The van der Waals surface area contributed by atoms with Gasteiger partial charge in [-0.15, -0.1) is 0 Å². The van der Waals surface area contributed by atoms with Crippen molar-refractivity contribution in [1.82, 2.24) is 0 Å². The zero-order valence-corrected chi connectivity index (χ0v) is 9.43. The lowest BCUT2D eigenvalue weighted by atomic mass is 10.2. The summed E-state index contributed by atoms with van der Waals surface area (Å²) >= 11 is 0. The van der Waals surface area contributed by atoms with Gasteiger partial charge in [0.25, 0.3) is 0 Å². The number of methoxy groups -OCH3 is 1. The maximum absolute atomic E-state index is 11.6. The number of carbonyl (C=O) groups is 2. The highest BCUT2D eigenvalue weighted by Crippen LogP contribution is 2.35. The maximum atomic E-state index is 11.6. The predicted molar refractivity (Wildman–Crippen MR) is 58.0 cm³/mol. The van der Waals surface area contributed by atoms with E-state index in [9.17, 15) is 9.59 Å². The molecule has 0 bridgehead atoms. The van der Waals surface area contributed by atoms with Crippen LogP contribution in [0.4, 0.5) is 5.69 Å². The van der Waals surface area contributed by atoms with E-state index in [-0.39, 0.29) is 6.79 Å². The molecular weight excluding hydrogens is 226 g/mol. The molecule has 0 saturated heterocycles. The van der Waals surface area contributed by atoms with Gasteiger partial charge in [0.15, 0.2) is 11.5 Å². The molecule has 6 heteroatoms. The number of ether oxygens (including phenoxy) is 3. The number of carbonyl (C=O) groups excluding carboxylic acids is 2. The Kier molecular flexibility index (Phi) is 2.86. The van der Waals surface area contributed by atoms with Crippen molar-refractivity contribution in [2.24, 2.45) is 0 Å². The molecule has 1 amide bonds. The van der Waals surface area contributed by atoms with Gasteiger partial charge in [-0.05, 0) is 12.1 Å². The molecule has 17 heavy (non-hydrogen) atoms. The minimum Gasteiger partial charge on any atom is -0.462 e. The minimum absolute atomic E-state index is 0.160. The highest BCUT2D eigenvalue weighted by atomic mass is 16.7. The number of hydrogen-bond donors (Lipinski definition) is 0. The van der Waals surface area contributed by atoms with Gasteiger partial charge in [0.1, 0.15) is 0 Å². The van der Waals surface area contributed by atoms with Crippen LogP contribution in [0, 0.1) is 0 Å². The summed E-state index contributed by atoms with van der Waals surface area (Å²) in [4.78, 5) is 23.8. The van der Waals surface area contributed by atoms with Gasteiger partial charge in [0, 0.05) is 18.8 Å². The molecule has 1 heterocycles. The van der Waals surface area contributed by atoms with E-state index in [0.717, 1.165) is 7.11 Å². The smallest absolute Gasteiger partial charge is 0.397 e. The minimum atomic E-state index is -0.912. The first-order chi connectivity index (χ1) is 8.13. The van der Waals surface area contributed by atoms with Crippen LogP contribution in [0.1, 0.15) is 0 Å². The Morgan fingerprint density at radius 2 is 2.00 bits per heavy atom. The second-order valence-electron chi connectivity index (χ2n) is 3.39.